The third-order valence-electron chi connectivity index (χ3n) is 3.56. The molecule has 0 saturated carbocycles. The lowest BCUT2D eigenvalue weighted by atomic mass is 10.0. The van der Waals surface area contributed by atoms with Crippen LogP contribution < -0.4 is 16.0 Å². The minimum Gasteiger partial charge on any atom is -0.481 e. The van der Waals surface area contributed by atoms with Crippen molar-refractivity contribution >= 4 is 0 Å². The molecule has 114 valence electrons. The van der Waals surface area contributed by atoms with Gasteiger partial charge in [0, 0.05) is 30.4 Å². The van der Waals surface area contributed by atoms with Crippen molar-refractivity contribution in [3.05, 3.63) is 41.3 Å². The van der Waals surface area contributed by atoms with Gasteiger partial charge in [-0.15, -0.1) is 0 Å². The van der Waals surface area contributed by atoms with Crippen molar-refractivity contribution in [1.82, 2.24) is 20.2 Å². The van der Waals surface area contributed by atoms with Crippen molar-refractivity contribution in [2.75, 3.05) is 7.11 Å². The first-order valence-electron chi connectivity index (χ1n) is 7.24. The fourth-order valence-corrected chi connectivity index (χ4v) is 2.43. The first-order chi connectivity index (χ1) is 10.2. The largest absolute Gasteiger partial charge is 0.481 e. The van der Waals surface area contributed by atoms with Crippen LogP contribution in [0, 0.1) is 0 Å². The van der Waals surface area contributed by atoms with Gasteiger partial charge in [-0.05, 0) is 25.5 Å². The minimum atomic E-state index is -0.0691. The zero-order chi connectivity index (χ0) is 15.2. The molecule has 6 nitrogen and oxygen atoms in total. The minimum absolute atomic E-state index is 0.0691. The number of nitrogens with one attached hydrogen (secondary N) is 1. The number of aryl methyl sites for hydroxylation is 2. The molecular formula is C15H23N5O. The summed E-state index contributed by atoms with van der Waals surface area (Å²) in [5, 5.41) is 4.57. The van der Waals surface area contributed by atoms with Crippen LogP contribution >= 0.6 is 0 Å². The topological polar surface area (TPSA) is 78.0 Å². The number of nitrogens with two attached hydrogens (primary N) is 1. The van der Waals surface area contributed by atoms with E-state index in [0.717, 1.165) is 36.3 Å². The first-order valence-corrected chi connectivity index (χ1v) is 7.24. The summed E-state index contributed by atoms with van der Waals surface area (Å²) in [6.07, 6.45) is 3.37. The molecule has 6 heteroatoms. The molecule has 0 aliphatic rings. The van der Waals surface area contributed by atoms with Crippen LogP contribution in [0.2, 0.25) is 0 Å². The molecule has 0 radical (unpaired) electrons. The summed E-state index contributed by atoms with van der Waals surface area (Å²) in [6, 6.07) is 5.93. The number of nitrogens with zero attached hydrogens (tertiary/aromatic N) is 3. The maximum atomic E-state index is 5.74. The maximum absolute atomic E-state index is 5.74. The van der Waals surface area contributed by atoms with Gasteiger partial charge in [0.25, 0.3) is 0 Å². The molecule has 0 bridgehead atoms. The van der Waals surface area contributed by atoms with Crippen molar-refractivity contribution < 1.29 is 4.74 Å². The van der Waals surface area contributed by atoms with E-state index in [4.69, 9.17) is 10.6 Å². The number of hydrazine groups is 1. The van der Waals surface area contributed by atoms with Gasteiger partial charge >= 0.3 is 0 Å². The zero-order valence-electron chi connectivity index (χ0n) is 12.8. The van der Waals surface area contributed by atoms with E-state index in [1.807, 2.05) is 16.8 Å². The van der Waals surface area contributed by atoms with E-state index in [0.29, 0.717) is 5.88 Å². The van der Waals surface area contributed by atoms with Crippen LogP contribution in [0.15, 0.2) is 24.4 Å². The lowest BCUT2D eigenvalue weighted by molar-refractivity contribution is 0.381. The summed E-state index contributed by atoms with van der Waals surface area (Å²) in [7, 11) is 1.62. The van der Waals surface area contributed by atoms with E-state index in [1.54, 1.807) is 13.3 Å². The van der Waals surface area contributed by atoms with E-state index in [2.05, 4.69) is 35.4 Å². The van der Waals surface area contributed by atoms with Crippen LogP contribution in [0.3, 0.4) is 0 Å². The highest BCUT2D eigenvalue weighted by Crippen LogP contribution is 2.25. The number of hydrogen-bond acceptors (Lipinski definition) is 5. The molecular weight excluding hydrogens is 266 g/mol. The Morgan fingerprint density at radius 1 is 1.43 bits per heavy atom. The summed E-state index contributed by atoms with van der Waals surface area (Å²) in [4.78, 5) is 4.23. The number of aromatic nitrogens is 3. The monoisotopic (exact) mass is 289 g/mol. The summed E-state index contributed by atoms with van der Waals surface area (Å²) < 4.78 is 7.34. The third-order valence-corrected chi connectivity index (χ3v) is 3.56. The number of hydrogen-bond donors (Lipinski definition) is 2. The van der Waals surface area contributed by atoms with Crippen LogP contribution in [-0.4, -0.2) is 21.9 Å². The average molecular weight is 289 g/mol. The van der Waals surface area contributed by atoms with Gasteiger partial charge in [0.2, 0.25) is 5.88 Å². The Morgan fingerprint density at radius 2 is 2.24 bits per heavy atom. The third kappa shape index (κ3) is 3.40. The molecule has 0 amide bonds. The van der Waals surface area contributed by atoms with Gasteiger partial charge in [-0.2, -0.15) is 5.10 Å². The maximum Gasteiger partial charge on any atom is 0.217 e. The van der Waals surface area contributed by atoms with Crippen molar-refractivity contribution in [3.8, 4) is 5.88 Å². The van der Waals surface area contributed by atoms with Crippen molar-refractivity contribution in [3.63, 3.8) is 0 Å². The lowest BCUT2D eigenvalue weighted by Gasteiger charge is -2.18. The zero-order valence-corrected chi connectivity index (χ0v) is 12.8. The summed E-state index contributed by atoms with van der Waals surface area (Å²) in [6.45, 7) is 5.04. The molecule has 3 N–H and O–H groups in total. The number of methoxy groups -OCH3 is 1. The standard InChI is InChI=1S/C15H23N5O/c1-4-11-9-12(20(5-2)19-11)10-14(18-16)13-7-6-8-17-15(13)21-3/h6-9,14,18H,4-5,10,16H2,1-3H3. The quantitative estimate of drug-likeness (QED) is 0.598. The predicted octanol–water partition coefficient (Wildman–Crippen LogP) is 1.62. The fraction of sp³-hybridized carbons (Fsp3) is 0.467. The fourth-order valence-electron chi connectivity index (χ4n) is 2.43. The second-order valence-corrected chi connectivity index (χ2v) is 4.82. The molecule has 0 saturated heterocycles. The Bertz CT molecular complexity index is 581. The normalized spacial score (nSPS) is 12.4. The number of pyridine rings is 1. The highest BCUT2D eigenvalue weighted by molar-refractivity contribution is 5.30. The van der Waals surface area contributed by atoms with E-state index < -0.39 is 0 Å². The van der Waals surface area contributed by atoms with E-state index in [9.17, 15) is 0 Å². The van der Waals surface area contributed by atoms with Gasteiger partial charge in [0.05, 0.1) is 18.8 Å². The SMILES string of the molecule is CCc1cc(CC(NN)c2cccnc2OC)n(CC)n1. The van der Waals surface area contributed by atoms with Gasteiger partial charge in [-0.3, -0.25) is 16.0 Å². The van der Waals surface area contributed by atoms with E-state index in [-0.39, 0.29) is 6.04 Å². The highest BCUT2D eigenvalue weighted by atomic mass is 16.5. The van der Waals surface area contributed by atoms with Gasteiger partial charge in [-0.25, -0.2) is 4.98 Å². The number of ether oxygens (including phenoxy) is 1. The molecule has 1 unspecified atom stereocenters. The Labute approximate surface area is 125 Å². The Morgan fingerprint density at radius 3 is 2.86 bits per heavy atom. The molecule has 0 fully saturated rings. The molecule has 2 aromatic rings. The predicted molar refractivity (Wildman–Crippen MR) is 81.8 cm³/mol. The van der Waals surface area contributed by atoms with Gasteiger partial charge < -0.3 is 4.74 Å². The molecule has 21 heavy (non-hydrogen) atoms. The van der Waals surface area contributed by atoms with E-state index >= 15 is 0 Å². The van der Waals surface area contributed by atoms with Gasteiger partial charge in [0.15, 0.2) is 0 Å². The Kier molecular flexibility index (Phi) is 5.30. The molecule has 2 rings (SSSR count). The van der Waals surface area contributed by atoms with Crippen molar-refractivity contribution in [1.29, 1.82) is 0 Å². The molecule has 1 atom stereocenters. The molecule has 2 aromatic heterocycles. The van der Waals surface area contributed by atoms with Crippen LogP contribution in [0.4, 0.5) is 0 Å². The molecule has 0 spiro atoms. The van der Waals surface area contributed by atoms with Gasteiger partial charge in [-0.1, -0.05) is 13.0 Å². The van der Waals surface area contributed by atoms with Crippen LogP contribution in [0.25, 0.3) is 0 Å². The van der Waals surface area contributed by atoms with Gasteiger partial charge in [0.1, 0.15) is 0 Å². The van der Waals surface area contributed by atoms with Crippen LogP contribution in [-0.2, 0) is 19.4 Å². The molecule has 0 aromatic carbocycles. The molecule has 0 aliphatic heterocycles. The van der Waals surface area contributed by atoms with Crippen LogP contribution in [0.5, 0.6) is 5.88 Å². The number of rotatable bonds is 7. The Hall–Kier alpha value is -1.92. The average Bonchev–Trinajstić information content (AvgIpc) is 2.94. The van der Waals surface area contributed by atoms with Crippen molar-refractivity contribution in [2.45, 2.75) is 39.3 Å². The summed E-state index contributed by atoms with van der Waals surface area (Å²) >= 11 is 0. The Balaban J connectivity index is 2.28. The second-order valence-electron chi connectivity index (χ2n) is 4.82. The molecule has 2 heterocycles. The second kappa shape index (κ2) is 7.19. The highest BCUT2D eigenvalue weighted by Gasteiger charge is 2.18. The van der Waals surface area contributed by atoms with Crippen molar-refractivity contribution in [2.24, 2.45) is 5.84 Å². The lowest BCUT2D eigenvalue weighted by Crippen LogP contribution is -2.30. The van der Waals surface area contributed by atoms with Crippen LogP contribution in [0.1, 0.15) is 36.8 Å². The summed E-state index contributed by atoms with van der Waals surface area (Å²) in [5.41, 5.74) is 6.06. The smallest absolute Gasteiger partial charge is 0.217 e. The molecule has 0 aliphatic carbocycles. The van der Waals surface area contributed by atoms with E-state index in [1.165, 1.54) is 0 Å². The summed E-state index contributed by atoms with van der Waals surface area (Å²) in [5.74, 6) is 6.34. The first kappa shape index (κ1) is 15.5.